The molecule has 1 aromatic heterocycles. The summed E-state index contributed by atoms with van der Waals surface area (Å²) in [6, 6.07) is 6.56. The van der Waals surface area contributed by atoms with Crippen molar-refractivity contribution in [3.8, 4) is 5.75 Å². The first-order valence-corrected chi connectivity index (χ1v) is 8.18. The molecule has 1 saturated carbocycles. The maximum atomic E-state index is 5.34. The number of hydrogen-bond acceptors (Lipinski definition) is 2. The van der Waals surface area contributed by atoms with E-state index in [-0.39, 0.29) is 0 Å². The highest BCUT2D eigenvalue weighted by molar-refractivity contribution is 7.19. The zero-order valence-corrected chi connectivity index (χ0v) is 12.7. The van der Waals surface area contributed by atoms with Crippen molar-refractivity contribution in [2.45, 2.75) is 51.4 Å². The number of rotatable bonds is 2. The lowest BCUT2D eigenvalue weighted by Gasteiger charge is -2.15. The summed E-state index contributed by atoms with van der Waals surface area (Å²) in [6.07, 6.45) is 8.39. The highest BCUT2D eigenvalue weighted by Gasteiger charge is 2.20. The Kier molecular flexibility index (Phi) is 3.79. The molecule has 0 aliphatic heterocycles. The molecule has 0 atom stereocenters. The molecule has 19 heavy (non-hydrogen) atoms. The van der Waals surface area contributed by atoms with Crippen LogP contribution in [0.25, 0.3) is 10.1 Å². The molecule has 2 heteroatoms. The lowest BCUT2D eigenvalue weighted by Crippen LogP contribution is -1.97. The van der Waals surface area contributed by atoms with E-state index < -0.39 is 0 Å². The summed E-state index contributed by atoms with van der Waals surface area (Å²) >= 11 is 1.93. The highest BCUT2D eigenvalue weighted by atomic mass is 32.1. The average molecular weight is 274 g/mol. The van der Waals surface area contributed by atoms with Crippen LogP contribution < -0.4 is 4.74 Å². The average Bonchev–Trinajstić information content (AvgIpc) is 2.61. The second-order valence-electron chi connectivity index (χ2n) is 5.62. The molecule has 0 amide bonds. The molecule has 1 aliphatic rings. The first-order valence-electron chi connectivity index (χ1n) is 7.36. The molecule has 3 rings (SSSR count). The van der Waals surface area contributed by atoms with Gasteiger partial charge in [-0.05, 0) is 54.8 Å². The maximum Gasteiger partial charge on any atom is 0.120 e. The largest absolute Gasteiger partial charge is 0.497 e. The fraction of sp³-hybridized carbons (Fsp3) is 0.529. The first kappa shape index (κ1) is 13.0. The summed E-state index contributed by atoms with van der Waals surface area (Å²) in [7, 11) is 1.74. The lowest BCUT2D eigenvalue weighted by atomic mass is 9.90. The molecular formula is C17H22OS. The van der Waals surface area contributed by atoms with Crippen LogP contribution in [0, 0.1) is 6.92 Å². The van der Waals surface area contributed by atoms with Crippen LogP contribution in [-0.4, -0.2) is 7.11 Å². The topological polar surface area (TPSA) is 9.23 Å². The number of methoxy groups -OCH3 is 1. The Labute approximate surface area is 119 Å². The van der Waals surface area contributed by atoms with Gasteiger partial charge in [-0.15, -0.1) is 11.3 Å². The van der Waals surface area contributed by atoms with E-state index >= 15 is 0 Å². The van der Waals surface area contributed by atoms with Gasteiger partial charge in [-0.1, -0.05) is 25.7 Å². The Hall–Kier alpha value is -1.02. The predicted octanol–water partition coefficient (Wildman–Crippen LogP) is 5.66. The third-order valence-corrected chi connectivity index (χ3v) is 5.47. The Balaban J connectivity index is 2.04. The van der Waals surface area contributed by atoms with E-state index in [9.17, 15) is 0 Å². The van der Waals surface area contributed by atoms with Crippen molar-refractivity contribution in [1.29, 1.82) is 0 Å². The number of ether oxygens (including phenoxy) is 1. The Morgan fingerprint density at radius 2 is 1.84 bits per heavy atom. The minimum absolute atomic E-state index is 0.782. The molecule has 0 unspecified atom stereocenters. The molecule has 1 fully saturated rings. The van der Waals surface area contributed by atoms with Gasteiger partial charge in [0.1, 0.15) is 5.75 Å². The fourth-order valence-electron chi connectivity index (χ4n) is 3.42. The SMILES string of the molecule is COc1ccc2c(C3CCCCCC3)c(C)sc2c1. The van der Waals surface area contributed by atoms with Gasteiger partial charge in [0.25, 0.3) is 0 Å². The van der Waals surface area contributed by atoms with Gasteiger partial charge in [-0.2, -0.15) is 0 Å². The maximum absolute atomic E-state index is 5.34. The third kappa shape index (κ3) is 2.51. The van der Waals surface area contributed by atoms with E-state index in [1.807, 2.05) is 11.3 Å². The van der Waals surface area contributed by atoms with E-state index in [1.54, 1.807) is 12.7 Å². The predicted molar refractivity (Wildman–Crippen MR) is 83.6 cm³/mol. The Bertz CT molecular complexity index is 562. The minimum atomic E-state index is 0.782. The van der Waals surface area contributed by atoms with Gasteiger partial charge in [0, 0.05) is 9.58 Å². The van der Waals surface area contributed by atoms with Crippen molar-refractivity contribution in [3.05, 3.63) is 28.6 Å². The molecule has 1 aromatic carbocycles. The van der Waals surface area contributed by atoms with Gasteiger partial charge < -0.3 is 4.74 Å². The van der Waals surface area contributed by atoms with E-state index in [2.05, 4.69) is 25.1 Å². The number of hydrogen-bond donors (Lipinski definition) is 0. The standard InChI is InChI=1S/C17H22OS/c1-12-17(13-7-5-3-4-6-8-13)15-10-9-14(18-2)11-16(15)19-12/h9-11,13H,3-8H2,1-2H3. The third-order valence-electron chi connectivity index (χ3n) is 4.38. The monoisotopic (exact) mass is 274 g/mol. The molecule has 0 spiro atoms. The summed E-state index contributed by atoms with van der Waals surface area (Å²) in [5, 5.41) is 1.47. The van der Waals surface area contributed by atoms with Gasteiger partial charge in [0.2, 0.25) is 0 Å². The lowest BCUT2D eigenvalue weighted by molar-refractivity contribution is 0.415. The van der Waals surface area contributed by atoms with E-state index in [0.29, 0.717) is 0 Å². The van der Waals surface area contributed by atoms with Crippen LogP contribution in [0.15, 0.2) is 18.2 Å². The van der Waals surface area contributed by atoms with Gasteiger partial charge in [0.05, 0.1) is 7.11 Å². The Morgan fingerprint density at radius 1 is 1.11 bits per heavy atom. The van der Waals surface area contributed by atoms with Crippen molar-refractivity contribution in [2.24, 2.45) is 0 Å². The van der Waals surface area contributed by atoms with Crippen LogP contribution in [0.5, 0.6) is 5.75 Å². The van der Waals surface area contributed by atoms with Crippen LogP contribution in [0.3, 0.4) is 0 Å². The molecule has 102 valence electrons. The summed E-state index contributed by atoms with van der Waals surface area (Å²) in [5.74, 6) is 1.76. The summed E-state index contributed by atoms with van der Waals surface area (Å²) < 4.78 is 6.73. The molecule has 1 heterocycles. The zero-order chi connectivity index (χ0) is 13.2. The van der Waals surface area contributed by atoms with Gasteiger partial charge in [-0.3, -0.25) is 0 Å². The first-order chi connectivity index (χ1) is 9.29. The van der Waals surface area contributed by atoms with Crippen LogP contribution in [0.4, 0.5) is 0 Å². The summed E-state index contributed by atoms with van der Waals surface area (Å²) in [5.41, 5.74) is 1.63. The van der Waals surface area contributed by atoms with E-state index in [1.165, 1.54) is 53.5 Å². The molecule has 1 nitrogen and oxygen atoms in total. The van der Waals surface area contributed by atoms with Crippen LogP contribution in [0.1, 0.15) is 54.9 Å². The van der Waals surface area contributed by atoms with Crippen LogP contribution in [-0.2, 0) is 0 Å². The molecule has 0 bridgehead atoms. The van der Waals surface area contributed by atoms with Crippen LogP contribution in [0.2, 0.25) is 0 Å². The normalized spacial score (nSPS) is 17.6. The van der Waals surface area contributed by atoms with Crippen molar-refractivity contribution in [1.82, 2.24) is 0 Å². The quantitative estimate of drug-likeness (QED) is 0.642. The Morgan fingerprint density at radius 3 is 2.53 bits per heavy atom. The zero-order valence-electron chi connectivity index (χ0n) is 11.9. The van der Waals surface area contributed by atoms with Crippen molar-refractivity contribution < 1.29 is 4.74 Å². The van der Waals surface area contributed by atoms with E-state index in [0.717, 1.165) is 11.7 Å². The second kappa shape index (κ2) is 5.54. The highest BCUT2D eigenvalue weighted by Crippen LogP contribution is 2.42. The van der Waals surface area contributed by atoms with E-state index in [4.69, 9.17) is 4.74 Å². The number of aryl methyl sites for hydroxylation is 1. The molecular weight excluding hydrogens is 252 g/mol. The fourth-order valence-corrected chi connectivity index (χ4v) is 4.60. The molecule has 0 saturated heterocycles. The van der Waals surface area contributed by atoms with Gasteiger partial charge in [0.15, 0.2) is 0 Å². The van der Waals surface area contributed by atoms with Gasteiger partial charge in [-0.25, -0.2) is 0 Å². The number of benzene rings is 1. The number of thiophene rings is 1. The van der Waals surface area contributed by atoms with Crippen molar-refractivity contribution in [2.75, 3.05) is 7.11 Å². The summed E-state index contributed by atoms with van der Waals surface area (Å²) in [6.45, 7) is 2.29. The van der Waals surface area contributed by atoms with Crippen molar-refractivity contribution >= 4 is 21.4 Å². The molecule has 0 N–H and O–H groups in total. The van der Waals surface area contributed by atoms with Gasteiger partial charge >= 0.3 is 0 Å². The van der Waals surface area contributed by atoms with Crippen molar-refractivity contribution in [3.63, 3.8) is 0 Å². The molecule has 0 radical (unpaired) electrons. The number of fused-ring (bicyclic) bond motifs is 1. The minimum Gasteiger partial charge on any atom is -0.497 e. The molecule has 1 aliphatic carbocycles. The smallest absolute Gasteiger partial charge is 0.120 e. The second-order valence-corrected chi connectivity index (χ2v) is 6.88. The molecule has 2 aromatic rings. The van der Waals surface area contributed by atoms with Crippen LogP contribution >= 0.6 is 11.3 Å². The summed E-state index contributed by atoms with van der Waals surface area (Å²) in [4.78, 5) is 1.51.